The van der Waals surface area contributed by atoms with Gasteiger partial charge >= 0.3 is 5.97 Å². The highest BCUT2D eigenvalue weighted by atomic mass is 32.1. The van der Waals surface area contributed by atoms with E-state index in [0.717, 1.165) is 4.88 Å². The van der Waals surface area contributed by atoms with Gasteiger partial charge in [0.15, 0.2) is 0 Å². The summed E-state index contributed by atoms with van der Waals surface area (Å²) in [5.74, 6) is -1.42. The second-order valence-corrected chi connectivity index (χ2v) is 5.72. The second-order valence-electron chi connectivity index (χ2n) is 4.74. The van der Waals surface area contributed by atoms with E-state index in [-0.39, 0.29) is 18.5 Å². The van der Waals surface area contributed by atoms with Crippen molar-refractivity contribution in [2.45, 2.75) is 19.9 Å². The van der Waals surface area contributed by atoms with Gasteiger partial charge in [0.2, 0.25) is 5.91 Å². The van der Waals surface area contributed by atoms with Gasteiger partial charge in [-0.05, 0) is 25.4 Å². The third-order valence-corrected chi connectivity index (χ3v) is 3.82. The van der Waals surface area contributed by atoms with Gasteiger partial charge in [-0.2, -0.15) is 0 Å². The number of likely N-dealkylation sites (N-methyl/N-ethyl adjacent to an activating group) is 1. The molecule has 5 nitrogen and oxygen atoms in total. The minimum absolute atomic E-state index is 0.0159. The van der Waals surface area contributed by atoms with Crippen LogP contribution >= 0.6 is 11.3 Å². The summed E-state index contributed by atoms with van der Waals surface area (Å²) >= 11 is 1.60. The predicted molar refractivity (Wildman–Crippen MR) is 75.2 cm³/mol. The third-order valence-electron chi connectivity index (χ3n) is 2.77. The number of carbonyl (C=O) groups is 2. The quantitative estimate of drug-likeness (QED) is 0.797. The Labute approximate surface area is 117 Å². The van der Waals surface area contributed by atoms with Crippen LogP contribution in [-0.4, -0.2) is 42.0 Å². The van der Waals surface area contributed by atoms with Crippen molar-refractivity contribution in [3.63, 3.8) is 0 Å². The first-order chi connectivity index (χ1) is 8.90. The molecule has 0 spiro atoms. The molecule has 106 valence electrons. The minimum atomic E-state index is -0.848. The van der Waals surface area contributed by atoms with Gasteiger partial charge in [-0.15, -0.1) is 11.3 Å². The van der Waals surface area contributed by atoms with E-state index in [1.54, 1.807) is 30.2 Å². The largest absolute Gasteiger partial charge is 0.481 e. The van der Waals surface area contributed by atoms with Crippen LogP contribution in [0.5, 0.6) is 0 Å². The Balaban J connectivity index is 2.36. The Morgan fingerprint density at radius 2 is 2.16 bits per heavy atom. The number of hydrogen-bond acceptors (Lipinski definition) is 4. The molecule has 0 radical (unpaired) electrons. The van der Waals surface area contributed by atoms with E-state index < -0.39 is 11.9 Å². The van der Waals surface area contributed by atoms with Gasteiger partial charge < -0.3 is 10.4 Å². The molecule has 0 aliphatic rings. The molecule has 2 N–H and O–H groups in total. The summed E-state index contributed by atoms with van der Waals surface area (Å²) < 4.78 is 0. The Morgan fingerprint density at radius 3 is 2.68 bits per heavy atom. The summed E-state index contributed by atoms with van der Waals surface area (Å²) in [6.45, 7) is 4.12. The molecule has 0 aliphatic carbocycles. The molecule has 0 saturated carbocycles. The fourth-order valence-electron chi connectivity index (χ4n) is 1.75. The first kappa shape index (κ1) is 15.7. The van der Waals surface area contributed by atoms with Crippen molar-refractivity contribution in [3.05, 3.63) is 22.4 Å². The molecule has 19 heavy (non-hydrogen) atoms. The summed E-state index contributed by atoms with van der Waals surface area (Å²) in [4.78, 5) is 25.4. The molecule has 0 fully saturated rings. The highest BCUT2D eigenvalue weighted by Gasteiger charge is 2.16. The standard InChI is InChI=1S/C13H20N2O3S/c1-9(13(17)18)7-15(3)8-12(16)14-10(2)11-5-4-6-19-11/h4-6,9-10H,7-8H2,1-3H3,(H,14,16)(H,17,18). The van der Waals surface area contributed by atoms with Gasteiger partial charge in [0, 0.05) is 11.4 Å². The zero-order chi connectivity index (χ0) is 14.4. The van der Waals surface area contributed by atoms with Crippen molar-refractivity contribution in [1.29, 1.82) is 0 Å². The normalized spacial score (nSPS) is 14.1. The maximum absolute atomic E-state index is 11.8. The number of rotatable bonds is 7. The number of aliphatic carboxylic acids is 1. The van der Waals surface area contributed by atoms with Crippen molar-refractivity contribution in [2.24, 2.45) is 5.92 Å². The maximum Gasteiger partial charge on any atom is 0.307 e. The molecule has 1 rings (SSSR count). The second kappa shape index (κ2) is 7.25. The van der Waals surface area contributed by atoms with Crippen LogP contribution in [0.2, 0.25) is 0 Å². The van der Waals surface area contributed by atoms with Gasteiger partial charge in [-0.25, -0.2) is 0 Å². The van der Waals surface area contributed by atoms with Crippen LogP contribution in [0.3, 0.4) is 0 Å². The number of nitrogens with one attached hydrogen (secondary N) is 1. The van der Waals surface area contributed by atoms with E-state index in [1.165, 1.54) is 0 Å². The number of hydrogen-bond donors (Lipinski definition) is 2. The Kier molecular flexibility index (Phi) is 5.98. The van der Waals surface area contributed by atoms with Crippen LogP contribution in [0.4, 0.5) is 0 Å². The van der Waals surface area contributed by atoms with Crippen molar-refractivity contribution in [2.75, 3.05) is 20.1 Å². The Hall–Kier alpha value is -1.40. The zero-order valence-corrected chi connectivity index (χ0v) is 12.2. The molecule has 0 aliphatic heterocycles. The van der Waals surface area contributed by atoms with Crippen molar-refractivity contribution >= 4 is 23.2 Å². The fourth-order valence-corrected chi connectivity index (χ4v) is 2.49. The van der Waals surface area contributed by atoms with E-state index in [9.17, 15) is 9.59 Å². The number of amides is 1. The van der Waals surface area contributed by atoms with Gasteiger partial charge in [0.1, 0.15) is 0 Å². The number of nitrogens with zero attached hydrogens (tertiary/aromatic N) is 1. The smallest absolute Gasteiger partial charge is 0.307 e. The lowest BCUT2D eigenvalue weighted by Crippen LogP contribution is -2.39. The van der Waals surface area contributed by atoms with Crippen molar-refractivity contribution in [1.82, 2.24) is 10.2 Å². The average Bonchev–Trinajstić information content (AvgIpc) is 2.81. The number of carboxylic acids is 1. The van der Waals surface area contributed by atoms with E-state index >= 15 is 0 Å². The minimum Gasteiger partial charge on any atom is -0.481 e. The van der Waals surface area contributed by atoms with E-state index in [0.29, 0.717) is 6.54 Å². The molecule has 1 aromatic rings. The monoisotopic (exact) mass is 284 g/mol. The highest BCUT2D eigenvalue weighted by molar-refractivity contribution is 7.10. The molecule has 0 bridgehead atoms. The number of carboxylic acid groups (broad SMARTS) is 1. The van der Waals surface area contributed by atoms with Crippen LogP contribution < -0.4 is 5.32 Å². The SMILES string of the molecule is CC(CN(C)CC(=O)NC(C)c1cccs1)C(=O)O. The van der Waals surface area contributed by atoms with E-state index in [2.05, 4.69) is 5.32 Å². The molecule has 2 unspecified atom stereocenters. The zero-order valence-electron chi connectivity index (χ0n) is 11.4. The molecule has 0 aromatic carbocycles. The lowest BCUT2D eigenvalue weighted by molar-refractivity contribution is -0.142. The average molecular weight is 284 g/mol. The third kappa shape index (κ3) is 5.40. The van der Waals surface area contributed by atoms with Gasteiger partial charge in [0.25, 0.3) is 0 Å². The number of carbonyl (C=O) groups excluding carboxylic acids is 1. The summed E-state index contributed by atoms with van der Waals surface area (Å²) in [6, 6.07) is 3.91. The van der Waals surface area contributed by atoms with Gasteiger partial charge in [-0.3, -0.25) is 14.5 Å². The van der Waals surface area contributed by atoms with Crippen LogP contribution in [0.1, 0.15) is 24.8 Å². The molecule has 1 amide bonds. The lowest BCUT2D eigenvalue weighted by atomic mass is 10.2. The first-order valence-corrected chi connectivity index (χ1v) is 7.02. The molecule has 2 atom stereocenters. The highest BCUT2D eigenvalue weighted by Crippen LogP contribution is 2.17. The van der Waals surface area contributed by atoms with Crippen LogP contribution in [0, 0.1) is 5.92 Å². The van der Waals surface area contributed by atoms with E-state index in [4.69, 9.17) is 5.11 Å². The van der Waals surface area contributed by atoms with Gasteiger partial charge in [-0.1, -0.05) is 13.0 Å². The maximum atomic E-state index is 11.8. The number of thiophene rings is 1. The summed E-state index contributed by atoms with van der Waals surface area (Å²) in [5, 5.41) is 13.7. The van der Waals surface area contributed by atoms with E-state index in [1.807, 2.05) is 24.4 Å². The summed E-state index contributed by atoms with van der Waals surface area (Å²) in [5.41, 5.74) is 0. The van der Waals surface area contributed by atoms with Crippen LogP contribution in [0.25, 0.3) is 0 Å². The van der Waals surface area contributed by atoms with Crippen molar-refractivity contribution in [3.8, 4) is 0 Å². The molecule has 1 heterocycles. The fraction of sp³-hybridized carbons (Fsp3) is 0.538. The topological polar surface area (TPSA) is 69.6 Å². The summed E-state index contributed by atoms with van der Waals surface area (Å²) in [6.07, 6.45) is 0. The van der Waals surface area contributed by atoms with Crippen LogP contribution in [0.15, 0.2) is 17.5 Å². The lowest BCUT2D eigenvalue weighted by Gasteiger charge is -2.20. The van der Waals surface area contributed by atoms with Crippen LogP contribution in [-0.2, 0) is 9.59 Å². The predicted octanol–water partition coefficient (Wildman–Crippen LogP) is 1.58. The molecular weight excluding hydrogens is 264 g/mol. The summed E-state index contributed by atoms with van der Waals surface area (Å²) in [7, 11) is 1.74. The molecule has 0 saturated heterocycles. The molecule has 6 heteroatoms. The molecule has 1 aromatic heterocycles. The van der Waals surface area contributed by atoms with Crippen molar-refractivity contribution < 1.29 is 14.7 Å². The molecular formula is C13H20N2O3S. The first-order valence-electron chi connectivity index (χ1n) is 6.14. The van der Waals surface area contributed by atoms with Gasteiger partial charge in [0.05, 0.1) is 18.5 Å². The Bertz CT molecular complexity index is 420. The Morgan fingerprint density at radius 1 is 1.47 bits per heavy atom.